The minimum atomic E-state index is -1.06. The lowest BCUT2D eigenvalue weighted by atomic mass is 9.87. The van der Waals surface area contributed by atoms with Gasteiger partial charge < -0.3 is 15.3 Å². The molecule has 0 fully saturated rings. The molecule has 0 aliphatic rings. The summed E-state index contributed by atoms with van der Waals surface area (Å²) in [5, 5.41) is 28.7. The number of hydrogen-bond donors (Lipinski definition) is 3. The highest BCUT2D eigenvalue weighted by molar-refractivity contribution is 5.74. The molecule has 0 saturated carbocycles. The maximum absolute atomic E-state index is 11.6. The third-order valence-corrected chi connectivity index (χ3v) is 4.53. The van der Waals surface area contributed by atoms with E-state index in [1.807, 2.05) is 12.2 Å². The van der Waals surface area contributed by atoms with Crippen LogP contribution >= 0.6 is 0 Å². The second-order valence-corrected chi connectivity index (χ2v) is 7.01. The van der Waals surface area contributed by atoms with E-state index in [9.17, 15) is 15.0 Å². The van der Waals surface area contributed by atoms with Crippen molar-refractivity contribution in [2.24, 2.45) is 5.92 Å². The monoisotopic (exact) mass is 404 g/mol. The van der Waals surface area contributed by atoms with Crippen molar-refractivity contribution in [2.45, 2.75) is 77.7 Å². The van der Waals surface area contributed by atoms with Gasteiger partial charge in [0.1, 0.15) is 5.92 Å². The van der Waals surface area contributed by atoms with Gasteiger partial charge in [-0.25, -0.2) is 0 Å². The Morgan fingerprint density at radius 1 is 0.862 bits per heavy atom. The molecule has 0 rings (SSSR count). The van der Waals surface area contributed by atoms with E-state index >= 15 is 0 Å². The number of carboxylic acids is 1. The smallest absolute Gasteiger partial charge is 0.313 e. The second kappa shape index (κ2) is 19.4. The van der Waals surface area contributed by atoms with E-state index in [4.69, 9.17) is 5.11 Å². The van der Waals surface area contributed by atoms with Gasteiger partial charge in [-0.15, -0.1) is 0 Å². The highest BCUT2D eigenvalue weighted by Gasteiger charge is 2.29. The molecular weight excluding hydrogens is 364 g/mol. The Balaban J connectivity index is 4.55. The highest BCUT2D eigenvalue weighted by Crippen LogP contribution is 2.24. The molecule has 0 unspecified atom stereocenters. The van der Waals surface area contributed by atoms with Crippen LogP contribution in [-0.2, 0) is 4.79 Å². The summed E-state index contributed by atoms with van der Waals surface area (Å²) in [6, 6.07) is 0. The molecule has 0 aliphatic carbocycles. The van der Waals surface area contributed by atoms with Crippen molar-refractivity contribution in [3.63, 3.8) is 0 Å². The molecule has 0 amide bonds. The molecular formula is C25H40O4. The van der Waals surface area contributed by atoms with Crippen molar-refractivity contribution in [2.75, 3.05) is 6.61 Å². The molecule has 0 aromatic carbocycles. The van der Waals surface area contributed by atoms with Crippen LogP contribution in [0.25, 0.3) is 0 Å². The normalized spacial score (nSPS) is 15.2. The maximum Gasteiger partial charge on any atom is 0.313 e. The van der Waals surface area contributed by atoms with E-state index in [1.165, 1.54) is 0 Å². The molecule has 4 heteroatoms. The van der Waals surface area contributed by atoms with Crippen molar-refractivity contribution in [3.8, 4) is 0 Å². The van der Waals surface area contributed by atoms with Gasteiger partial charge in [0, 0.05) is 6.61 Å². The summed E-state index contributed by atoms with van der Waals surface area (Å²) in [6.07, 6.45) is 24.9. The second-order valence-electron chi connectivity index (χ2n) is 7.01. The molecule has 29 heavy (non-hydrogen) atoms. The van der Waals surface area contributed by atoms with Crippen LogP contribution in [0.5, 0.6) is 0 Å². The van der Waals surface area contributed by atoms with E-state index in [0.29, 0.717) is 12.8 Å². The average molecular weight is 405 g/mol. The van der Waals surface area contributed by atoms with Crippen molar-refractivity contribution >= 4 is 5.97 Å². The van der Waals surface area contributed by atoms with Gasteiger partial charge in [0.05, 0.1) is 6.10 Å². The quantitative estimate of drug-likeness (QED) is 0.270. The molecule has 4 nitrogen and oxygen atoms in total. The zero-order valence-electron chi connectivity index (χ0n) is 18.2. The van der Waals surface area contributed by atoms with Crippen LogP contribution in [-0.4, -0.2) is 34.0 Å². The number of unbranched alkanes of at least 4 members (excludes halogenated alkanes) is 1. The maximum atomic E-state index is 11.6. The van der Waals surface area contributed by atoms with Crippen LogP contribution in [0.2, 0.25) is 0 Å². The predicted octanol–water partition coefficient (Wildman–Crippen LogP) is 5.74. The number of aliphatic carboxylic acids is 1. The largest absolute Gasteiger partial charge is 0.481 e. The van der Waals surface area contributed by atoms with Gasteiger partial charge in [-0.2, -0.15) is 0 Å². The Kier molecular flexibility index (Phi) is 18.1. The average Bonchev–Trinajstić information content (AvgIpc) is 2.69. The third-order valence-electron chi connectivity index (χ3n) is 4.53. The van der Waals surface area contributed by atoms with Gasteiger partial charge >= 0.3 is 5.97 Å². The molecule has 2 atom stereocenters. The minimum absolute atomic E-state index is 0.0738. The number of carbonyl (C=O) groups is 1. The molecule has 3 N–H and O–H groups in total. The zero-order chi connectivity index (χ0) is 21.7. The highest BCUT2D eigenvalue weighted by atomic mass is 16.4. The number of aliphatic hydroxyl groups excluding tert-OH is 2. The summed E-state index contributed by atoms with van der Waals surface area (Å²) < 4.78 is 0. The number of allylic oxidation sites excluding steroid dienone is 9. The van der Waals surface area contributed by atoms with E-state index in [-0.39, 0.29) is 13.0 Å². The fourth-order valence-corrected chi connectivity index (χ4v) is 2.93. The van der Waals surface area contributed by atoms with E-state index in [0.717, 1.165) is 44.1 Å². The minimum Gasteiger partial charge on any atom is -0.481 e. The Morgan fingerprint density at radius 2 is 1.38 bits per heavy atom. The van der Waals surface area contributed by atoms with Crippen LogP contribution in [0, 0.1) is 5.92 Å². The molecule has 0 aromatic rings. The molecule has 0 radical (unpaired) electrons. The zero-order valence-corrected chi connectivity index (χ0v) is 18.2. The molecule has 0 aromatic heterocycles. The van der Waals surface area contributed by atoms with Crippen molar-refractivity contribution in [1.82, 2.24) is 0 Å². The Hall–Kier alpha value is -1.91. The molecule has 0 spiro atoms. The van der Waals surface area contributed by atoms with Crippen LogP contribution in [0.15, 0.2) is 60.3 Å². The molecule has 0 bridgehead atoms. The first kappa shape index (κ1) is 27.1. The summed E-state index contributed by atoms with van der Waals surface area (Å²) in [5.41, 5.74) is 0.753. The van der Waals surface area contributed by atoms with Crippen LogP contribution in [0.4, 0.5) is 0 Å². The summed E-state index contributed by atoms with van der Waals surface area (Å²) in [5.74, 6) is -1.97. The van der Waals surface area contributed by atoms with Gasteiger partial charge in [0.25, 0.3) is 0 Å². The first-order valence-corrected chi connectivity index (χ1v) is 10.9. The van der Waals surface area contributed by atoms with E-state index < -0.39 is 18.0 Å². The van der Waals surface area contributed by atoms with Crippen LogP contribution < -0.4 is 0 Å². The fourth-order valence-electron chi connectivity index (χ4n) is 2.93. The SMILES string of the molecule is CC/C=C\C/C=C\C/C=C\C/C=C\C/C=C(/CCCC)[C@@H](C(=O)O)[C@H](O)CCO. The van der Waals surface area contributed by atoms with E-state index in [1.54, 1.807) is 0 Å². The van der Waals surface area contributed by atoms with Crippen LogP contribution in [0.3, 0.4) is 0 Å². The van der Waals surface area contributed by atoms with E-state index in [2.05, 4.69) is 56.4 Å². The molecule has 0 aliphatic heterocycles. The van der Waals surface area contributed by atoms with Crippen LogP contribution in [0.1, 0.15) is 71.6 Å². The Bertz CT molecular complexity index is 555. The molecule has 0 saturated heterocycles. The van der Waals surface area contributed by atoms with Gasteiger partial charge in [0.15, 0.2) is 0 Å². The lowest BCUT2D eigenvalue weighted by molar-refractivity contribution is -0.144. The van der Waals surface area contributed by atoms with Crippen molar-refractivity contribution in [3.05, 3.63) is 60.3 Å². The summed E-state index contributed by atoms with van der Waals surface area (Å²) >= 11 is 0. The molecule has 0 heterocycles. The number of rotatable bonds is 17. The predicted molar refractivity (Wildman–Crippen MR) is 122 cm³/mol. The standard InChI is InChI=1S/C25H40O4/c1-3-5-7-8-9-10-11-12-13-14-15-16-17-19-22(18-6-4-2)24(25(28)29)23(27)20-21-26/h5,7,9-10,12-13,15-16,19,23-24,26-27H,3-4,6,8,11,14,17-18,20-21H2,1-2H3,(H,28,29)/b7-5-,10-9-,13-12-,16-15-,22-19-/t23-,24-/m1/s1. The third kappa shape index (κ3) is 14.7. The van der Waals surface area contributed by atoms with Gasteiger partial charge in [-0.3, -0.25) is 4.79 Å². The Labute approximate surface area is 177 Å². The lowest BCUT2D eigenvalue weighted by Crippen LogP contribution is -2.30. The number of aliphatic hydroxyl groups is 2. The molecule has 164 valence electrons. The van der Waals surface area contributed by atoms with Gasteiger partial charge in [-0.05, 0) is 51.4 Å². The summed E-state index contributed by atoms with van der Waals surface area (Å²) in [6.45, 7) is 3.97. The van der Waals surface area contributed by atoms with Gasteiger partial charge in [0.2, 0.25) is 0 Å². The fraction of sp³-hybridized carbons (Fsp3) is 0.560. The number of carboxylic acid groups (broad SMARTS) is 1. The van der Waals surface area contributed by atoms with Crippen molar-refractivity contribution in [1.29, 1.82) is 0 Å². The number of hydrogen-bond acceptors (Lipinski definition) is 3. The summed E-state index contributed by atoms with van der Waals surface area (Å²) in [4.78, 5) is 11.6. The van der Waals surface area contributed by atoms with Crippen molar-refractivity contribution < 1.29 is 20.1 Å². The Morgan fingerprint density at radius 3 is 1.83 bits per heavy atom. The lowest BCUT2D eigenvalue weighted by Gasteiger charge is -2.21. The summed E-state index contributed by atoms with van der Waals surface area (Å²) in [7, 11) is 0. The van der Waals surface area contributed by atoms with Gasteiger partial charge in [-0.1, -0.05) is 80.5 Å². The first-order chi connectivity index (χ1) is 14.1. The topological polar surface area (TPSA) is 77.8 Å². The first-order valence-electron chi connectivity index (χ1n) is 10.9.